The van der Waals surface area contributed by atoms with Gasteiger partial charge in [0.15, 0.2) is 0 Å². The van der Waals surface area contributed by atoms with Crippen molar-refractivity contribution in [1.29, 1.82) is 0 Å². The number of hydrogen-bond acceptors (Lipinski definition) is 3. The first-order valence-electron chi connectivity index (χ1n) is 8.18. The van der Waals surface area contributed by atoms with E-state index in [0.717, 1.165) is 30.7 Å². The zero-order chi connectivity index (χ0) is 17.9. The van der Waals surface area contributed by atoms with Crippen LogP contribution in [0.4, 0.5) is 8.78 Å². The van der Waals surface area contributed by atoms with Gasteiger partial charge < -0.3 is 4.90 Å². The molecule has 2 aromatic carbocycles. The average molecular weight is 366 g/mol. The summed E-state index contributed by atoms with van der Waals surface area (Å²) in [5, 5.41) is 0. The Kier molecular flexibility index (Phi) is 5.46. The molecule has 134 valence electrons. The van der Waals surface area contributed by atoms with Gasteiger partial charge in [0.2, 0.25) is 10.0 Å². The third kappa shape index (κ3) is 4.42. The Hall–Kier alpha value is -1.83. The van der Waals surface area contributed by atoms with Crippen LogP contribution in [0.1, 0.15) is 5.56 Å². The summed E-state index contributed by atoms with van der Waals surface area (Å²) in [4.78, 5) is 2.31. The minimum Gasteiger partial charge on any atom is -0.300 e. The van der Waals surface area contributed by atoms with Gasteiger partial charge >= 0.3 is 0 Å². The lowest BCUT2D eigenvalue weighted by atomic mass is 10.1. The van der Waals surface area contributed by atoms with E-state index in [0.29, 0.717) is 26.2 Å². The zero-order valence-electron chi connectivity index (χ0n) is 13.7. The van der Waals surface area contributed by atoms with Crippen molar-refractivity contribution in [3.8, 4) is 0 Å². The molecule has 2 aromatic rings. The van der Waals surface area contributed by atoms with Gasteiger partial charge in [0.25, 0.3) is 0 Å². The van der Waals surface area contributed by atoms with Crippen LogP contribution in [-0.4, -0.2) is 50.3 Å². The molecule has 1 aliphatic rings. The molecular weight excluding hydrogens is 346 g/mol. The van der Waals surface area contributed by atoms with E-state index in [9.17, 15) is 17.2 Å². The van der Waals surface area contributed by atoms with Gasteiger partial charge in [-0.05, 0) is 48.4 Å². The summed E-state index contributed by atoms with van der Waals surface area (Å²) in [6.07, 6.45) is 0.797. The summed E-state index contributed by atoms with van der Waals surface area (Å²) < 4.78 is 52.5. The predicted octanol–water partition coefficient (Wildman–Crippen LogP) is 2.51. The quantitative estimate of drug-likeness (QED) is 0.816. The van der Waals surface area contributed by atoms with Gasteiger partial charge in [0.05, 0.1) is 4.90 Å². The Labute approximate surface area is 146 Å². The van der Waals surface area contributed by atoms with Gasteiger partial charge in [-0.2, -0.15) is 4.31 Å². The van der Waals surface area contributed by atoms with Gasteiger partial charge in [-0.3, -0.25) is 0 Å². The molecule has 0 atom stereocenters. The van der Waals surface area contributed by atoms with E-state index in [1.807, 2.05) is 0 Å². The van der Waals surface area contributed by atoms with Crippen molar-refractivity contribution in [3.63, 3.8) is 0 Å². The van der Waals surface area contributed by atoms with Crippen LogP contribution >= 0.6 is 0 Å². The molecule has 0 saturated carbocycles. The largest absolute Gasteiger partial charge is 0.300 e. The highest BCUT2D eigenvalue weighted by molar-refractivity contribution is 7.89. The molecule has 0 aliphatic carbocycles. The fourth-order valence-electron chi connectivity index (χ4n) is 2.89. The smallest absolute Gasteiger partial charge is 0.243 e. The zero-order valence-corrected chi connectivity index (χ0v) is 14.6. The first kappa shape index (κ1) is 18.0. The minimum atomic E-state index is -3.58. The molecule has 1 aliphatic heterocycles. The molecule has 1 fully saturated rings. The van der Waals surface area contributed by atoms with E-state index in [1.54, 1.807) is 12.1 Å². The van der Waals surface area contributed by atoms with E-state index in [4.69, 9.17) is 0 Å². The molecule has 1 heterocycles. The summed E-state index contributed by atoms with van der Waals surface area (Å²) in [7, 11) is -3.58. The molecule has 0 amide bonds. The van der Waals surface area contributed by atoms with Crippen molar-refractivity contribution < 1.29 is 17.2 Å². The molecule has 4 nitrogen and oxygen atoms in total. The maximum Gasteiger partial charge on any atom is 0.243 e. The molecule has 3 rings (SSSR count). The maximum absolute atomic E-state index is 13.0. The highest BCUT2D eigenvalue weighted by Gasteiger charge is 2.28. The summed E-state index contributed by atoms with van der Waals surface area (Å²) in [6.45, 7) is 2.89. The van der Waals surface area contributed by atoms with Crippen LogP contribution in [0.5, 0.6) is 0 Å². The summed E-state index contributed by atoms with van der Waals surface area (Å²) >= 11 is 0. The SMILES string of the molecule is O=S(=O)(c1ccc(F)cc1)N1CCN(CCc2ccc(F)cc2)CC1. The lowest BCUT2D eigenvalue weighted by Crippen LogP contribution is -2.48. The minimum absolute atomic E-state index is 0.119. The van der Waals surface area contributed by atoms with Gasteiger partial charge in [-0.25, -0.2) is 17.2 Å². The van der Waals surface area contributed by atoms with E-state index in [1.165, 1.54) is 28.6 Å². The van der Waals surface area contributed by atoms with Crippen molar-refractivity contribution in [1.82, 2.24) is 9.21 Å². The Morgan fingerprint density at radius 3 is 1.88 bits per heavy atom. The molecule has 0 radical (unpaired) electrons. The second-order valence-corrected chi connectivity index (χ2v) is 8.01. The summed E-state index contributed by atoms with van der Waals surface area (Å²) in [5.74, 6) is -0.701. The molecule has 0 N–H and O–H groups in total. The Morgan fingerprint density at radius 1 is 0.800 bits per heavy atom. The highest BCUT2D eigenvalue weighted by Crippen LogP contribution is 2.18. The number of rotatable bonds is 5. The molecule has 0 spiro atoms. The van der Waals surface area contributed by atoms with Crippen LogP contribution < -0.4 is 0 Å². The maximum atomic E-state index is 13.0. The van der Waals surface area contributed by atoms with Crippen molar-refractivity contribution in [2.75, 3.05) is 32.7 Å². The van der Waals surface area contributed by atoms with Crippen LogP contribution in [0.3, 0.4) is 0 Å². The number of halogens is 2. The Balaban J connectivity index is 1.54. The summed E-state index contributed by atoms with van der Waals surface area (Å²) in [6, 6.07) is 11.3. The number of nitrogens with zero attached hydrogens (tertiary/aromatic N) is 2. The molecule has 0 aromatic heterocycles. The number of hydrogen-bond donors (Lipinski definition) is 0. The van der Waals surface area contributed by atoms with Crippen LogP contribution in [0.2, 0.25) is 0 Å². The molecule has 25 heavy (non-hydrogen) atoms. The van der Waals surface area contributed by atoms with Crippen LogP contribution in [-0.2, 0) is 16.4 Å². The number of sulfonamides is 1. The first-order chi connectivity index (χ1) is 11.9. The van der Waals surface area contributed by atoms with Crippen molar-refractivity contribution >= 4 is 10.0 Å². The van der Waals surface area contributed by atoms with Crippen LogP contribution in [0.25, 0.3) is 0 Å². The first-order valence-corrected chi connectivity index (χ1v) is 9.62. The van der Waals surface area contributed by atoms with Gasteiger partial charge in [0, 0.05) is 32.7 Å². The van der Waals surface area contributed by atoms with Crippen molar-refractivity contribution in [2.45, 2.75) is 11.3 Å². The lowest BCUT2D eigenvalue weighted by molar-refractivity contribution is 0.190. The fraction of sp³-hybridized carbons (Fsp3) is 0.333. The van der Waals surface area contributed by atoms with Gasteiger partial charge in [0.1, 0.15) is 11.6 Å². The fourth-order valence-corrected chi connectivity index (χ4v) is 4.31. The van der Waals surface area contributed by atoms with Gasteiger partial charge in [-0.15, -0.1) is 0 Å². The molecular formula is C18H20F2N2O2S. The summed E-state index contributed by atoms with van der Waals surface area (Å²) in [5.41, 5.74) is 1.06. The lowest BCUT2D eigenvalue weighted by Gasteiger charge is -2.34. The highest BCUT2D eigenvalue weighted by atomic mass is 32.2. The van der Waals surface area contributed by atoms with E-state index >= 15 is 0 Å². The third-order valence-corrected chi connectivity index (χ3v) is 6.33. The average Bonchev–Trinajstić information content (AvgIpc) is 2.62. The molecule has 0 unspecified atom stereocenters. The molecule has 0 bridgehead atoms. The molecule has 1 saturated heterocycles. The van der Waals surface area contributed by atoms with E-state index in [2.05, 4.69) is 4.90 Å². The monoisotopic (exact) mass is 366 g/mol. The third-order valence-electron chi connectivity index (χ3n) is 4.41. The van der Waals surface area contributed by atoms with Gasteiger partial charge in [-0.1, -0.05) is 12.1 Å². The topological polar surface area (TPSA) is 40.6 Å². The normalized spacial score (nSPS) is 16.9. The van der Waals surface area contributed by atoms with Crippen molar-refractivity contribution in [2.24, 2.45) is 0 Å². The van der Waals surface area contributed by atoms with E-state index < -0.39 is 15.8 Å². The van der Waals surface area contributed by atoms with Crippen LogP contribution in [0.15, 0.2) is 53.4 Å². The second kappa shape index (κ2) is 7.59. The Bertz CT molecular complexity index is 800. The van der Waals surface area contributed by atoms with Crippen molar-refractivity contribution in [3.05, 3.63) is 65.7 Å². The number of piperazine rings is 1. The molecule has 7 heteroatoms. The van der Waals surface area contributed by atoms with E-state index in [-0.39, 0.29) is 10.7 Å². The standard InChI is InChI=1S/C18H20F2N2O2S/c19-16-3-1-15(2-4-16)9-10-21-11-13-22(14-12-21)25(23,24)18-7-5-17(20)6-8-18/h1-8H,9-14H2. The number of benzene rings is 2. The second-order valence-electron chi connectivity index (χ2n) is 6.08. The predicted molar refractivity (Wildman–Crippen MR) is 91.7 cm³/mol. The Morgan fingerprint density at radius 2 is 1.32 bits per heavy atom. The van der Waals surface area contributed by atoms with Crippen LogP contribution in [0, 0.1) is 11.6 Å².